The van der Waals surface area contributed by atoms with Gasteiger partial charge in [0.05, 0.1) is 17.4 Å². The zero-order valence-corrected chi connectivity index (χ0v) is 14.4. The normalized spacial score (nSPS) is 27.6. The van der Waals surface area contributed by atoms with E-state index in [4.69, 9.17) is 0 Å². The fraction of sp³-hybridized carbons (Fsp3) is 0.550. The molecule has 0 bridgehead atoms. The molecule has 5 heteroatoms. The molecule has 3 amide bonds. The monoisotopic (exact) mass is 340 g/mol. The molecule has 1 aliphatic heterocycles. The van der Waals surface area contributed by atoms with E-state index in [1.807, 2.05) is 30.3 Å². The van der Waals surface area contributed by atoms with Gasteiger partial charge in [-0.15, -0.1) is 0 Å². The molecule has 1 N–H and O–H groups in total. The topological polar surface area (TPSA) is 66.5 Å². The molecule has 0 radical (unpaired) electrons. The Kier molecular flexibility index (Phi) is 4.10. The minimum absolute atomic E-state index is 0.140. The van der Waals surface area contributed by atoms with Crippen LogP contribution in [0.15, 0.2) is 30.3 Å². The number of carbonyl (C=O) groups excluding carboxylic acids is 3. The van der Waals surface area contributed by atoms with Crippen LogP contribution >= 0.6 is 0 Å². The summed E-state index contributed by atoms with van der Waals surface area (Å²) in [4.78, 5) is 38.9. The van der Waals surface area contributed by atoms with Crippen molar-refractivity contribution in [2.45, 2.75) is 50.5 Å². The summed E-state index contributed by atoms with van der Waals surface area (Å²) in [5.41, 5.74) is 0.763. The predicted molar refractivity (Wildman–Crippen MR) is 92.3 cm³/mol. The quantitative estimate of drug-likeness (QED) is 0.856. The molecule has 2 atom stereocenters. The molecule has 25 heavy (non-hydrogen) atoms. The zero-order valence-electron chi connectivity index (χ0n) is 14.4. The van der Waals surface area contributed by atoms with Crippen LogP contribution in [0.5, 0.6) is 0 Å². The summed E-state index contributed by atoms with van der Waals surface area (Å²) < 4.78 is 0. The van der Waals surface area contributed by atoms with Crippen LogP contribution in [0.2, 0.25) is 0 Å². The van der Waals surface area contributed by atoms with Crippen LogP contribution in [-0.2, 0) is 19.9 Å². The van der Waals surface area contributed by atoms with E-state index in [1.165, 1.54) is 4.90 Å². The van der Waals surface area contributed by atoms with Gasteiger partial charge < -0.3 is 5.32 Å². The van der Waals surface area contributed by atoms with E-state index in [2.05, 4.69) is 5.32 Å². The first-order chi connectivity index (χ1) is 12.1. The number of benzene rings is 1. The number of likely N-dealkylation sites (tertiary alicyclic amines) is 1. The van der Waals surface area contributed by atoms with Crippen molar-refractivity contribution in [2.75, 3.05) is 6.54 Å². The lowest BCUT2D eigenvalue weighted by atomic mass is 9.72. The largest absolute Gasteiger partial charge is 0.345 e. The third kappa shape index (κ3) is 2.75. The van der Waals surface area contributed by atoms with E-state index in [9.17, 15) is 14.4 Å². The number of nitrogens with one attached hydrogen (secondary N) is 1. The third-order valence-corrected chi connectivity index (χ3v) is 6.15. The molecule has 1 aromatic carbocycles. The summed E-state index contributed by atoms with van der Waals surface area (Å²) in [5, 5.41) is 3.11. The highest BCUT2D eigenvalue weighted by Gasteiger charge is 2.49. The second kappa shape index (κ2) is 6.28. The smallest absolute Gasteiger partial charge is 0.240 e. The van der Waals surface area contributed by atoms with Crippen molar-refractivity contribution in [3.63, 3.8) is 0 Å². The average Bonchev–Trinajstić information content (AvgIpc) is 2.84. The van der Waals surface area contributed by atoms with Crippen molar-refractivity contribution < 1.29 is 14.4 Å². The molecule has 1 aromatic rings. The van der Waals surface area contributed by atoms with Crippen LogP contribution in [0.3, 0.4) is 0 Å². The summed E-state index contributed by atoms with van der Waals surface area (Å²) in [6, 6.07) is 9.96. The highest BCUT2D eigenvalue weighted by molar-refractivity contribution is 6.07. The summed E-state index contributed by atoms with van der Waals surface area (Å²) in [6.07, 6.45) is 6.42. The maximum atomic E-state index is 12.6. The van der Waals surface area contributed by atoms with Crippen LogP contribution in [0.1, 0.15) is 50.5 Å². The van der Waals surface area contributed by atoms with E-state index in [0.717, 1.165) is 50.5 Å². The molecule has 5 nitrogen and oxygen atoms in total. The zero-order chi connectivity index (χ0) is 17.4. The standard InChI is InChI=1S/C20H24N2O3/c23-17(21-20(11-6-12-20)14-7-2-1-3-8-14)13-22-18(24)15-9-4-5-10-16(15)19(22)25/h1-3,7-8,15-16H,4-6,9-13H2,(H,21,23)/t15-,16-/m0/s1. The van der Waals surface area contributed by atoms with Crippen LogP contribution < -0.4 is 5.32 Å². The number of rotatable bonds is 4. The molecule has 1 saturated heterocycles. The molecule has 3 fully saturated rings. The number of nitrogens with zero attached hydrogens (tertiary/aromatic N) is 1. The number of imide groups is 1. The van der Waals surface area contributed by atoms with Gasteiger partial charge in [0.15, 0.2) is 0 Å². The van der Waals surface area contributed by atoms with E-state index in [1.54, 1.807) is 0 Å². The lowest BCUT2D eigenvalue weighted by Gasteiger charge is -2.43. The molecule has 0 aromatic heterocycles. The molecule has 0 unspecified atom stereocenters. The van der Waals surface area contributed by atoms with Gasteiger partial charge in [0.1, 0.15) is 6.54 Å². The number of hydrogen-bond acceptors (Lipinski definition) is 3. The van der Waals surface area contributed by atoms with Crippen molar-refractivity contribution in [1.82, 2.24) is 10.2 Å². The Hall–Kier alpha value is -2.17. The average molecular weight is 340 g/mol. The molecule has 2 aliphatic carbocycles. The Bertz CT molecular complexity index is 672. The number of hydrogen-bond donors (Lipinski definition) is 1. The van der Waals surface area contributed by atoms with Crippen molar-refractivity contribution >= 4 is 17.7 Å². The van der Waals surface area contributed by atoms with E-state index in [-0.39, 0.29) is 41.6 Å². The Morgan fingerprint density at radius 3 is 2.12 bits per heavy atom. The van der Waals surface area contributed by atoms with Crippen molar-refractivity contribution in [3.05, 3.63) is 35.9 Å². The summed E-state index contributed by atoms with van der Waals surface area (Å²) in [5.74, 6) is -0.912. The number of amides is 3. The van der Waals surface area contributed by atoms with Crippen LogP contribution in [-0.4, -0.2) is 29.2 Å². The summed E-state index contributed by atoms with van der Waals surface area (Å²) in [6.45, 7) is -0.140. The minimum atomic E-state index is -0.336. The van der Waals surface area contributed by atoms with Gasteiger partial charge in [-0.1, -0.05) is 43.2 Å². The van der Waals surface area contributed by atoms with Crippen molar-refractivity contribution in [1.29, 1.82) is 0 Å². The maximum Gasteiger partial charge on any atom is 0.240 e. The second-order valence-electron chi connectivity index (χ2n) is 7.61. The van der Waals surface area contributed by atoms with Crippen molar-refractivity contribution in [3.8, 4) is 0 Å². The highest BCUT2D eigenvalue weighted by Crippen LogP contribution is 2.41. The fourth-order valence-corrected chi connectivity index (χ4v) is 4.61. The SMILES string of the molecule is O=C(CN1C(=O)[C@H]2CCCC[C@@H]2C1=O)NC1(c2ccccc2)CCC1. The Labute approximate surface area is 147 Å². The van der Waals surface area contributed by atoms with E-state index in [0.29, 0.717) is 0 Å². The first-order valence-corrected chi connectivity index (χ1v) is 9.32. The molecular formula is C20H24N2O3. The minimum Gasteiger partial charge on any atom is -0.345 e. The third-order valence-electron chi connectivity index (χ3n) is 6.15. The van der Waals surface area contributed by atoms with Crippen LogP contribution in [0.4, 0.5) is 0 Å². The lowest BCUT2D eigenvalue weighted by Crippen LogP contribution is -2.53. The van der Waals surface area contributed by atoms with Gasteiger partial charge in [-0.2, -0.15) is 0 Å². The highest BCUT2D eigenvalue weighted by atomic mass is 16.2. The first-order valence-electron chi connectivity index (χ1n) is 9.32. The molecule has 2 saturated carbocycles. The van der Waals surface area contributed by atoms with Crippen LogP contribution in [0, 0.1) is 11.8 Å². The van der Waals surface area contributed by atoms with Gasteiger partial charge in [-0.3, -0.25) is 19.3 Å². The number of carbonyl (C=O) groups is 3. The molecule has 132 valence electrons. The second-order valence-corrected chi connectivity index (χ2v) is 7.61. The van der Waals surface area contributed by atoms with Gasteiger partial charge in [0.2, 0.25) is 17.7 Å². The molecule has 1 heterocycles. The Morgan fingerprint density at radius 1 is 1.00 bits per heavy atom. The first kappa shape index (κ1) is 16.3. The molecule has 0 spiro atoms. The van der Waals surface area contributed by atoms with Crippen LogP contribution in [0.25, 0.3) is 0 Å². The predicted octanol–water partition coefficient (Wildman–Crippen LogP) is 2.36. The van der Waals surface area contributed by atoms with E-state index < -0.39 is 0 Å². The molecular weight excluding hydrogens is 316 g/mol. The summed E-state index contributed by atoms with van der Waals surface area (Å²) in [7, 11) is 0. The Balaban J connectivity index is 1.45. The maximum absolute atomic E-state index is 12.6. The Morgan fingerprint density at radius 2 is 1.60 bits per heavy atom. The molecule has 3 aliphatic rings. The van der Waals surface area contributed by atoms with Gasteiger partial charge in [0.25, 0.3) is 0 Å². The van der Waals surface area contributed by atoms with Gasteiger partial charge >= 0.3 is 0 Å². The number of fused-ring (bicyclic) bond motifs is 1. The molecule has 4 rings (SSSR count). The van der Waals surface area contributed by atoms with Gasteiger partial charge in [-0.25, -0.2) is 0 Å². The van der Waals surface area contributed by atoms with Crippen molar-refractivity contribution in [2.24, 2.45) is 11.8 Å². The van der Waals surface area contributed by atoms with E-state index >= 15 is 0 Å². The van der Waals surface area contributed by atoms with Gasteiger partial charge in [0, 0.05) is 0 Å². The lowest BCUT2D eigenvalue weighted by molar-refractivity contribution is -0.144. The summed E-state index contributed by atoms with van der Waals surface area (Å²) >= 11 is 0. The fourth-order valence-electron chi connectivity index (χ4n) is 4.61. The van der Waals surface area contributed by atoms with Gasteiger partial charge in [-0.05, 0) is 37.7 Å².